The predicted octanol–water partition coefficient (Wildman–Crippen LogP) is 3.34. The van der Waals surface area contributed by atoms with Crippen LogP contribution < -0.4 is 5.32 Å². The van der Waals surface area contributed by atoms with Crippen molar-refractivity contribution in [2.24, 2.45) is 0 Å². The molecular formula is C13H13ClF3N5O. The van der Waals surface area contributed by atoms with Crippen LogP contribution in [-0.2, 0) is 0 Å². The molecule has 0 atom stereocenters. The van der Waals surface area contributed by atoms with Crippen LogP contribution >= 0.6 is 11.6 Å². The van der Waals surface area contributed by atoms with E-state index in [9.17, 15) is 18.0 Å². The van der Waals surface area contributed by atoms with Crippen LogP contribution in [0.2, 0.25) is 5.02 Å². The molecule has 2 rings (SSSR count). The summed E-state index contributed by atoms with van der Waals surface area (Å²) in [4.78, 5) is 16.5. The van der Waals surface area contributed by atoms with Gasteiger partial charge in [0.1, 0.15) is 19.2 Å². The van der Waals surface area contributed by atoms with Gasteiger partial charge < -0.3 is 10.2 Å². The molecular weight excluding hydrogens is 335 g/mol. The number of alkyl halides is 3. The normalized spacial score (nSPS) is 11.3. The minimum Gasteiger partial charge on any atom is -0.316 e. The molecule has 2 aromatic rings. The van der Waals surface area contributed by atoms with E-state index in [1.807, 2.05) is 0 Å². The summed E-state index contributed by atoms with van der Waals surface area (Å²) in [6.45, 7) is 0.0285. The van der Waals surface area contributed by atoms with Gasteiger partial charge in [0.15, 0.2) is 0 Å². The van der Waals surface area contributed by atoms with E-state index in [4.69, 9.17) is 11.6 Å². The first-order valence-electron chi connectivity index (χ1n) is 6.57. The van der Waals surface area contributed by atoms with Gasteiger partial charge in [-0.15, -0.1) is 0 Å². The maximum absolute atomic E-state index is 12.5. The zero-order valence-electron chi connectivity index (χ0n) is 12.0. The fourth-order valence-electron chi connectivity index (χ4n) is 1.88. The first kappa shape index (κ1) is 17.1. The van der Waals surface area contributed by atoms with Gasteiger partial charge in [-0.1, -0.05) is 11.6 Å². The number of hydrogen-bond acceptors (Lipinski definition) is 3. The molecule has 2 amide bonds. The van der Waals surface area contributed by atoms with Crippen LogP contribution in [0, 0.1) is 0 Å². The number of aromatic nitrogens is 3. The number of rotatable bonds is 4. The van der Waals surface area contributed by atoms with Crippen molar-refractivity contribution < 1.29 is 18.0 Å². The Morgan fingerprint density at radius 3 is 2.74 bits per heavy atom. The van der Waals surface area contributed by atoms with Gasteiger partial charge in [0.2, 0.25) is 0 Å². The lowest BCUT2D eigenvalue weighted by Gasteiger charge is -2.23. The lowest BCUT2D eigenvalue weighted by atomic mass is 10.2. The molecule has 10 heteroatoms. The third-order valence-electron chi connectivity index (χ3n) is 2.90. The average molecular weight is 348 g/mol. The molecule has 1 N–H and O–H groups in total. The average Bonchev–Trinajstić information content (AvgIpc) is 2.97. The number of carbonyl (C=O) groups is 1. The van der Waals surface area contributed by atoms with Crippen LogP contribution in [0.3, 0.4) is 0 Å². The van der Waals surface area contributed by atoms with Crippen molar-refractivity contribution in [2.45, 2.75) is 13.1 Å². The van der Waals surface area contributed by atoms with E-state index < -0.39 is 18.8 Å². The first-order valence-corrected chi connectivity index (χ1v) is 6.95. The largest absolute Gasteiger partial charge is 0.406 e. The number of nitrogens with zero attached hydrogens (tertiary/aromatic N) is 4. The lowest BCUT2D eigenvalue weighted by molar-refractivity contribution is -0.139. The van der Waals surface area contributed by atoms with Gasteiger partial charge in [0.25, 0.3) is 0 Å². The summed E-state index contributed by atoms with van der Waals surface area (Å²) in [5, 5.41) is 6.68. The van der Waals surface area contributed by atoms with Crippen molar-refractivity contribution in [3.05, 3.63) is 35.9 Å². The van der Waals surface area contributed by atoms with E-state index >= 15 is 0 Å². The maximum atomic E-state index is 12.5. The van der Waals surface area contributed by atoms with E-state index in [1.54, 1.807) is 12.1 Å². The zero-order chi connectivity index (χ0) is 17.0. The van der Waals surface area contributed by atoms with Crippen molar-refractivity contribution in [1.82, 2.24) is 19.7 Å². The van der Waals surface area contributed by atoms with Gasteiger partial charge >= 0.3 is 12.2 Å². The van der Waals surface area contributed by atoms with Crippen LogP contribution in [0.25, 0.3) is 5.69 Å². The van der Waals surface area contributed by atoms with Gasteiger partial charge in [0, 0.05) is 11.6 Å². The van der Waals surface area contributed by atoms with Crippen LogP contribution in [0.15, 0.2) is 30.9 Å². The second-order valence-electron chi connectivity index (χ2n) is 4.56. The molecule has 0 saturated carbocycles. The molecule has 0 aliphatic heterocycles. The van der Waals surface area contributed by atoms with Crippen LogP contribution in [0.4, 0.5) is 23.7 Å². The second-order valence-corrected chi connectivity index (χ2v) is 5.00. The summed E-state index contributed by atoms with van der Waals surface area (Å²) >= 11 is 5.89. The molecule has 0 aliphatic rings. The van der Waals surface area contributed by atoms with Crippen molar-refractivity contribution >= 4 is 23.3 Å². The molecule has 1 heterocycles. The molecule has 6 nitrogen and oxygen atoms in total. The molecule has 124 valence electrons. The standard InChI is InChI=1S/C13H13ClF3N5O/c1-2-21(6-13(15,16)17)12(23)20-10-5-9(14)3-4-11(10)22-8-18-7-19-22/h3-5,7-8H,2,6H2,1H3,(H,20,23). The van der Waals surface area contributed by atoms with E-state index in [1.165, 1.54) is 30.3 Å². The SMILES string of the molecule is CCN(CC(F)(F)F)C(=O)Nc1cc(Cl)ccc1-n1cncn1. The Morgan fingerprint density at radius 1 is 1.43 bits per heavy atom. The Morgan fingerprint density at radius 2 is 2.17 bits per heavy atom. The van der Waals surface area contributed by atoms with Crippen LogP contribution in [0.1, 0.15) is 6.92 Å². The van der Waals surface area contributed by atoms with Gasteiger partial charge in [-0.3, -0.25) is 0 Å². The van der Waals surface area contributed by atoms with E-state index in [2.05, 4.69) is 15.4 Å². The van der Waals surface area contributed by atoms with Crippen LogP contribution in [0.5, 0.6) is 0 Å². The number of halogens is 4. The molecule has 0 bridgehead atoms. The second kappa shape index (κ2) is 6.86. The van der Waals surface area contributed by atoms with Crippen LogP contribution in [-0.4, -0.2) is 45.0 Å². The van der Waals surface area contributed by atoms with Crippen molar-refractivity contribution in [1.29, 1.82) is 0 Å². The molecule has 23 heavy (non-hydrogen) atoms. The summed E-state index contributed by atoms with van der Waals surface area (Å²) in [6, 6.07) is 3.69. The third-order valence-corrected chi connectivity index (χ3v) is 3.14. The minimum atomic E-state index is -4.48. The Labute approximate surface area is 134 Å². The first-order chi connectivity index (χ1) is 10.8. The smallest absolute Gasteiger partial charge is 0.316 e. The number of nitrogens with one attached hydrogen (secondary N) is 1. The van der Waals surface area contributed by atoms with Gasteiger partial charge in [-0.05, 0) is 25.1 Å². The highest BCUT2D eigenvalue weighted by Crippen LogP contribution is 2.25. The summed E-state index contributed by atoms with van der Waals surface area (Å²) < 4.78 is 38.8. The van der Waals surface area contributed by atoms with Gasteiger partial charge in [0.05, 0.1) is 11.4 Å². The molecule has 0 radical (unpaired) electrons. The monoisotopic (exact) mass is 347 g/mol. The number of hydrogen-bond donors (Lipinski definition) is 1. The summed E-state index contributed by atoms with van der Waals surface area (Å²) in [5.41, 5.74) is 0.664. The number of carbonyl (C=O) groups excluding carboxylic acids is 1. The fourth-order valence-corrected chi connectivity index (χ4v) is 2.05. The third kappa shape index (κ3) is 4.59. The number of benzene rings is 1. The fraction of sp³-hybridized carbons (Fsp3) is 0.308. The number of urea groups is 1. The van der Waals surface area contributed by atoms with Crippen molar-refractivity contribution in [3.63, 3.8) is 0 Å². The van der Waals surface area contributed by atoms with E-state index in [-0.39, 0.29) is 12.2 Å². The topological polar surface area (TPSA) is 63.1 Å². The Kier molecular flexibility index (Phi) is 5.09. The number of amides is 2. The maximum Gasteiger partial charge on any atom is 0.406 e. The predicted molar refractivity (Wildman–Crippen MR) is 78.7 cm³/mol. The quantitative estimate of drug-likeness (QED) is 0.922. The Hall–Kier alpha value is -2.29. The molecule has 1 aromatic heterocycles. The highest BCUT2D eigenvalue weighted by Gasteiger charge is 2.32. The Bertz CT molecular complexity index is 675. The molecule has 0 saturated heterocycles. The summed E-state index contributed by atoms with van der Waals surface area (Å²) in [7, 11) is 0. The van der Waals surface area contributed by atoms with Crippen molar-refractivity contribution in [2.75, 3.05) is 18.4 Å². The number of anilines is 1. The van der Waals surface area contributed by atoms with Gasteiger partial charge in [-0.25, -0.2) is 14.5 Å². The molecule has 0 aliphatic carbocycles. The minimum absolute atomic E-state index is 0.0927. The highest BCUT2D eigenvalue weighted by molar-refractivity contribution is 6.31. The van der Waals surface area contributed by atoms with E-state index in [0.717, 1.165) is 0 Å². The molecule has 0 spiro atoms. The zero-order valence-corrected chi connectivity index (χ0v) is 12.8. The molecule has 0 unspecified atom stereocenters. The molecule has 0 fully saturated rings. The molecule has 1 aromatic carbocycles. The lowest BCUT2D eigenvalue weighted by Crippen LogP contribution is -2.41. The summed E-state index contributed by atoms with van der Waals surface area (Å²) in [6.07, 6.45) is -1.79. The Balaban J connectivity index is 2.25. The highest BCUT2D eigenvalue weighted by atomic mass is 35.5. The van der Waals surface area contributed by atoms with Gasteiger partial charge in [-0.2, -0.15) is 18.3 Å². The van der Waals surface area contributed by atoms with E-state index in [0.29, 0.717) is 15.6 Å². The van der Waals surface area contributed by atoms with Crippen molar-refractivity contribution in [3.8, 4) is 5.69 Å². The summed E-state index contributed by atoms with van der Waals surface area (Å²) in [5.74, 6) is 0.